The van der Waals surface area contributed by atoms with Gasteiger partial charge in [-0.1, -0.05) is 13.3 Å². The van der Waals surface area contributed by atoms with Crippen molar-refractivity contribution in [1.82, 2.24) is 0 Å². The lowest BCUT2D eigenvalue weighted by Crippen LogP contribution is -2.04. The number of nitrogens with two attached hydrogens (primary N) is 1. The third-order valence-electron chi connectivity index (χ3n) is 1.71. The summed E-state index contributed by atoms with van der Waals surface area (Å²) < 4.78 is 0. The fourth-order valence-electron chi connectivity index (χ4n) is 1.22. The van der Waals surface area contributed by atoms with Crippen molar-refractivity contribution >= 4 is 11.3 Å². The Labute approximate surface area is 72.2 Å². The van der Waals surface area contributed by atoms with E-state index in [9.17, 15) is 0 Å². The quantitative estimate of drug-likeness (QED) is 0.739. The van der Waals surface area contributed by atoms with E-state index in [0.717, 1.165) is 0 Å². The van der Waals surface area contributed by atoms with Gasteiger partial charge < -0.3 is 5.73 Å². The second kappa shape index (κ2) is 3.88. The van der Waals surface area contributed by atoms with Crippen molar-refractivity contribution < 1.29 is 0 Å². The van der Waals surface area contributed by atoms with Crippen LogP contribution in [0.15, 0.2) is 11.4 Å². The number of hydrogen-bond acceptors (Lipinski definition) is 2. The van der Waals surface area contributed by atoms with Crippen molar-refractivity contribution in [2.75, 3.05) is 0 Å². The molecule has 0 radical (unpaired) electrons. The van der Waals surface area contributed by atoms with E-state index in [2.05, 4.69) is 18.4 Å². The number of thiophene rings is 1. The van der Waals surface area contributed by atoms with E-state index in [1.54, 1.807) is 11.3 Å². The first-order valence-corrected chi connectivity index (χ1v) is 4.95. The van der Waals surface area contributed by atoms with Crippen molar-refractivity contribution in [1.29, 1.82) is 0 Å². The minimum absolute atomic E-state index is 0.205. The Bertz CT molecular complexity index is 215. The van der Waals surface area contributed by atoms with Crippen molar-refractivity contribution in [2.24, 2.45) is 5.73 Å². The van der Waals surface area contributed by atoms with Gasteiger partial charge >= 0.3 is 0 Å². The Hall–Kier alpha value is -0.340. The molecule has 0 saturated carbocycles. The second-order valence-electron chi connectivity index (χ2n) is 2.85. The predicted octanol–water partition coefficient (Wildman–Crippen LogP) is 2.72. The van der Waals surface area contributed by atoms with E-state index in [1.165, 1.54) is 23.3 Å². The second-order valence-corrected chi connectivity index (χ2v) is 3.80. The SMILES string of the molecule is CCCc1ccsc1C(C)N. The van der Waals surface area contributed by atoms with Crippen LogP contribution in [0.4, 0.5) is 0 Å². The molecule has 62 valence electrons. The van der Waals surface area contributed by atoms with Crippen LogP contribution in [0.3, 0.4) is 0 Å². The van der Waals surface area contributed by atoms with E-state index >= 15 is 0 Å². The van der Waals surface area contributed by atoms with Gasteiger partial charge in [0.15, 0.2) is 0 Å². The third-order valence-corrected chi connectivity index (χ3v) is 2.87. The normalized spacial score (nSPS) is 13.4. The summed E-state index contributed by atoms with van der Waals surface area (Å²) in [6, 6.07) is 2.39. The van der Waals surface area contributed by atoms with Crippen LogP contribution in [-0.4, -0.2) is 0 Å². The molecular weight excluding hydrogens is 154 g/mol. The molecule has 1 atom stereocenters. The molecule has 1 unspecified atom stereocenters. The van der Waals surface area contributed by atoms with E-state index in [4.69, 9.17) is 5.73 Å². The van der Waals surface area contributed by atoms with Gasteiger partial charge in [-0.05, 0) is 30.4 Å². The first kappa shape index (κ1) is 8.75. The van der Waals surface area contributed by atoms with Gasteiger partial charge in [0, 0.05) is 10.9 Å². The van der Waals surface area contributed by atoms with Crippen LogP contribution < -0.4 is 5.73 Å². The fourth-order valence-corrected chi connectivity index (χ4v) is 2.14. The average molecular weight is 169 g/mol. The lowest BCUT2D eigenvalue weighted by Gasteiger charge is -2.04. The molecule has 1 rings (SSSR count). The number of aryl methyl sites for hydroxylation is 1. The van der Waals surface area contributed by atoms with Crippen LogP contribution in [0.1, 0.15) is 36.8 Å². The highest BCUT2D eigenvalue weighted by molar-refractivity contribution is 7.10. The monoisotopic (exact) mass is 169 g/mol. The summed E-state index contributed by atoms with van der Waals surface area (Å²) in [4.78, 5) is 1.35. The maximum Gasteiger partial charge on any atom is 0.0363 e. The molecule has 0 saturated heterocycles. The maximum absolute atomic E-state index is 5.80. The summed E-state index contributed by atoms with van der Waals surface area (Å²) in [7, 11) is 0. The molecule has 1 heterocycles. The van der Waals surface area contributed by atoms with Crippen LogP contribution in [0.5, 0.6) is 0 Å². The predicted molar refractivity (Wildman–Crippen MR) is 50.9 cm³/mol. The Morgan fingerprint density at radius 2 is 2.36 bits per heavy atom. The first-order valence-electron chi connectivity index (χ1n) is 4.07. The largest absolute Gasteiger partial charge is 0.323 e. The van der Waals surface area contributed by atoms with Gasteiger partial charge in [0.1, 0.15) is 0 Å². The molecule has 0 aliphatic carbocycles. The summed E-state index contributed by atoms with van der Waals surface area (Å²) in [6.45, 7) is 4.24. The molecule has 1 aromatic heterocycles. The third kappa shape index (κ3) is 2.04. The zero-order valence-electron chi connectivity index (χ0n) is 7.13. The Balaban J connectivity index is 2.78. The smallest absolute Gasteiger partial charge is 0.0363 e. The molecule has 0 spiro atoms. The Kier molecular flexibility index (Phi) is 3.09. The minimum Gasteiger partial charge on any atom is -0.323 e. The molecule has 0 aromatic carbocycles. The van der Waals surface area contributed by atoms with Gasteiger partial charge in [-0.15, -0.1) is 11.3 Å². The summed E-state index contributed by atoms with van der Waals surface area (Å²) >= 11 is 1.77. The lowest BCUT2D eigenvalue weighted by molar-refractivity contribution is 0.808. The molecule has 0 fully saturated rings. The Morgan fingerprint density at radius 3 is 2.91 bits per heavy atom. The van der Waals surface area contributed by atoms with Gasteiger partial charge in [0.2, 0.25) is 0 Å². The van der Waals surface area contributed by atoms with Gasteiger partial charge in [0.05, 0.1) is 0 Å². The summed E-state index contributed by atoms with van der Waals surface area (Å²) in [5, 5.41) is 2.13. The van der Waals surface area contributed by atoms with Crippen LogP contribution in [0.25, 0.3) is 0 Å². The first-order chi connectivity index (χ1) is 5.25. The van der Waals surface area contributed by atoms with E-state index in [-0.39, 0.29) is 6.04 Å². The van der Waals surface area contributed by atoms with Crippen LogP contribution >= 0.6 is 11.3 Å². The highest BCUT2D eigenvalue weighted by Crippen LogP contribution is 2.23. The number of rotatable bonds is 3. The minimum atomic E-state index is 0.205. The van der Waals surface area contributed by atoms with Gasteiger partial charge in [-0.3, -0.25) is 0 Å². The van der Waals surface area contributed by atoms with E-state index in [1.807, 2.05) is 6.92 Å². The topological polar surface area (TPSA) is 26.0 Å². The fraction of sp³-hybridized carbons (Fsp3) is 0.556. The van der Waals surface area contributed by atoms with Crippen molar-refractivity contribution in [3.8, 4) is 0 Å². The highest BCUT2D eigenvalue weighted by atomic mass is 32.1. The van der Waals surface area contributed by atoms with Crippen LogP contribution in [0, 0.1) is 0 Å². The standard InChI is InChI=1S/C9H15NS/c1-3-4-8-5-6-11-9(8)7(2)10/h5-7H,3-4,10H2,1-2H3. The molecule has 0 aliphatic heterocycles. The van der Waals surface area contributed by atoms with Gasteiger partial charge in [-0.25, -0.2) is 0 Å². The lowest BCUT2D eigenvalue weighted by atomic mass is 10.1. The molecule has 11 heavy (non-hydrogen) atoms. The van der Waals surface area contributed by atoms with Gasteiger partial charge in [-0.2, -0.15) is 0 Å². The molecular formula is C9H15NS. The molecule has 0 bridgehead atoms. The zero-order chi connectivity index (χ0) is 8.27. The van der Waals surface area contributed by atoms with Crippen LogP contribution in [0.2, 0.25) is 0 Å². The summed E-state index contributed by atoms with van der Waals surface area (Å²) in [5.41, 5.74) is 7.24. The Morgan fingerprint density at radius 1 is 1.64 bits per heavy atom. The molecule has 0 aliphatic rings. The van der Waals surface area contributed by atoms with Crippen molar-refractivity contribution in [3.05, 3.63) is 21.9 Å². The molecule has 0 amide bonds. The molecule has 2 N–H and O–H groups in total. The van der Waals surface area contributed by atoms with Gasteiger partial charge in [0.25, 0.3) is 0 Å². The zero-order valence-corrected chi connectivity index (χ0v) is 7.95. The molecule has 2 heteroatoms. The van der Waals surface area contributed by atoms with E-state index < -0.39 is 0 Å². The average Bonchev–Trinajstić information content (AvgIpc) is 2.36. The van der Waals surface area contributed by atoms with Crippen molar-refractivity contribution in [3.63, 3.8) is 0 Å². The van der Waals surface area contributed by atoms with E-state index in [0.29, 0.717) is 0 Å². The molecule has 1 aromatic rings. The molecule has 1 nitrogen and oxygen atoms in total. The highest BCUT2D eigenvalue weighted by Gasteiger charge is 2.06. The maximum atomic E-state index is 5.80. The summed E-state index contributed by atoms with van der Waals surface area (Å²) in [5.74, 6) is 0. The number of hydrogen-bond donors (Lipinski definition) is 1. The summed E-state index contributed by atoms with van der Waals surface area (Å²) in [6.07, 6.45) is 2.37. The van der Waals surface area contributed by atoms with Crippen molar-refractivity contribution in [2.45, 2.75) is 32.7 Å². The van der Waals surface area contributed by atoms with Crippen LogP contribution in [-0.2, 0) is 6.42 Å².